The first-order valence-corrected chi connectivity index (χ1v) is 7.39. The maximum Gasteiger partial charge on any atom is 0.0929 e. The van der Waals surface area contributed by atoms with Gasteiger partial charge in [0.15, 0.2) is 0 Å². The van der Waals surface area contributed by atoms with Crippen LogP contribution < -0.4 is 0 Å². The predicted molar refractivity (Wildman–Crippen MR) is 81.4 cm³/mol. The number of hydrogen-bond donors (Lipinski definition) is 0. The lowest BCUT2D eigenvalue weighted by atomic mass is 10.0. The summed E-state index contributed by atoms with van der Waals surface area (Å²) in [5.74, 6) is 0. The highest BCUT2D eigenvalue weighted by atomic mass is 15.2. The number of likely N-dealkylation sites (tertiary alicyclic amines) is 1. The molecular formula is C17H21N3. The van der Waals surface area contributed by atoms with Gasteiger partial charge < -0.3 is 0 Å². The van der Waals surface area contributed by atoms with Gasteiger partial charge in [0.2, 0.25) is 0 Å². The molecule has 0 amide bonds. The normalized spacial score (nSPS) is 17.3. The monoisotopic (exact) mass is 267 g/mol. The molecule has 1 saturated heterocycles. The highest BCUT2D eigenvalue weighted by Gasteiger charge is 2.19. The zero-order chi connectivity index (χ0) is 13.9. The molecule has 1 aromatic carbocycles. The highest BCUT2D eigenvalue weighted by molar-refractivity contribution is 5.59. The third kappa shape index (κ3) is 2.73. The molecule has 0 N–H and O–H groups in total. The Kier molecular flexibility index (Phi) is 3.79. The Bertz CT molecular complexity index is 571. The fourth-order valence-electron chi connectivity index (χ4n) is 2.85. The van der Waals surface area contributed by atoms with E-state index in [1.807, 2.05) is 19.1 Å². The van der Waals surface area contributed by atoms with Crippen LogP contribution in [0.25, 0.3) is 11.3 Å². The van der Waals surface area contributed by atoms with Crippen molar-refractivity contribution in [3.63, 3.8) is 0 Å². The molecule has 0 bridgehead atoms. The second-order valence-corrected chi connectivity index (χ2v) is 5.60. The van der Waals surface area contributed by atoms with Crippen LogP contribution in [0.1, 0.15) is 37.1 Å². The molecule has 1 aromatic heterocycles. The van der Waals surface area contributed by atoms with Gasteiger partial charge in [-0.05, 0) is 63.5 Å². The highest BCUT2D eigenvalue weighted by Crippen LogP contribution is 2.27. The average Bonchev–Trinajstić information content (AvgIpc) is 3.01. The Morgan fingerprint density at radius 2 is 1.85 bits per heavy atom. The Hall–Kier alpha value is -1.74. The first-order chi connectivity index (χ1) is 9.74. The molecule has 3 heteroatoms. The van der Waals surface area contributed by atoms with Crippen molar-refractivity contribution in [1.29, 1.82) is 0 Å². The summed E-state index contributed by atoms with van der Waals surface area (Å²) < 4.78 is 0. The van der Waals surface area contributed by atoms with E-state index in [1.165, 1.54) is 31.5 Å². The quantitative estimate of drug-likeness (QED) is 0.850. The van der Waals surface area contributed by atoms with E-state index in [0.29, 0.717) is 6.04 Å². The predicted octanol–water partition coefficient (Wildman–Crippen LogP) is 3.61. The summed E-state index contributed by atoms with van der Waals surface area (Å²) in [5, 5.41) is 8.43. The fourth-order valence-corrected chi connectivity index (χ4v) is 2.85. The fraction of sp³-hybridized carbons (Fsp3) is 0.412. The summed E-state index contributed by atoms with van der Waals surface area (Å²) in [7, 11) is 0. The summed E-state index contributed by atoms with van der Waals surface area (Å²) >= 11 is 0. The first-order valence-electron chi connectivity index (χ1n) is 7.39. The molecule has 1 unspecified atom stereocenters. The van der Waals surface area contributed by atoms with E-state index in [4.69, 9.17) is 0 Å². The van der Waals surface area contributed by atoms with Gasteiger partial charge in [-0.2, -0.15) is 10.2 Å². The van der Waals surface area contributed by atoms with Crippen LogP contribution in [0.3, 0.4) is 0 Å². The topological polar surface area (TPSA) is 29.0 Å². The smallest absolute Gasteiger partial charge is 0.0929 e. The molecule has 1 aliphatic rings. The van der Waals surface area contributed by atoms with Gasteiger partial charge in [0.1, 0.15) is 0 Å². The van der Waals surface area contributed by atoms with E-state index in [1.54, 1.807) is 0 Å². The van der Waals surface area contributed by atoms with Gasteiger partial charge in [-0.15, -0.1) is 0 Å². The second kappa shape index (κ2) is 5.71. The molecule has 3 nitrogen and oxygen atoms in total. The second-order valence-electron chi connectivity index (χ2n) is 5.60. The molecule has 20 heavy (non-hydrogen) atoms. The number of hydrogen-bond acceptors (Lipinski definition) is 3. The van der Waals surface area contributed by atoms with Crippen LogP contribution in [-0.4, -0.2) is 28.2 Å². The van der Waals surface area contributed by atoms with Crippen molar-refractivity contribution in [2.75, 3.05) is 13.1 Å². The zero-order valence-corrected chi connectivity index (χ0v) is 12.2. The Balaban J connectivity index is 1.87. The zero-order valence-electron chi connectivity index (χ0n) is 12.2. The summed E-state index contributed by atoms with van der Waals surface area (Å²) in [4.78, 5) is 2.56. The Morgan fingerprint density at radius 3 is 2.55 bits per heavy atom. The van der Waals surface area contributed by atoms with Crippen molar-refractivity contribution in [2.24, 2.45) is 0 Å². The van der Waals surface area contributed by atoms with Crippen LogP contribution in [0.15, 0.2) is 36.4 Å². The molecule has 0 saturated carbocycles. The van der Waals surface area contributed by atoms with Crippen LogP contribution >= 0.6 is 0 Å². The molecule has 1 aliphatic heterocycles. The standard InChI is InChI=1S/C17H21N3/c1-13-8-9-17(19-18-13)16-7-5-6-15(12-16)14(2)20-10-3-4-11-20/h5-9,12,14H,3-4,10-11H2,1-2H3. The molecule has 2 heterocycles. The van der Waals surface area contributed by atoms with Crippen LogP contribution in [0.2, 0.25) is 0 Å². The maximum atomic E-state index is 4.28. The number of benzene rings is 1. The van der Waals surface area contributed by atoms with Gasteiger partial charge in [-0.1, -0.05) is 18.2 Å². The first kappa shape index (κ1) is 13.3. The van der Waals surface area contributed by atoms with Crippen molar-refractivity contribution in [3.05, 3.63) is 47.7 Å². The minimum atomic E-state index is 0.482. The maximum absolute atomic E-state index is 4.28. The minimum Gasteiger partial charge on any atom is -0.297 e. The van der Waals surface area contributed by atoms with Crippen molar-refractivity contribution in [2.45, 2.75) is 32.7 Å². The van der Waals surface area contributed by atoms with E-state index in [2.05, 4.69) is 46.3 Å². The van der Waals surface area contributed by atoms with Gasteiger partial charge >= 0.3 is 0 Å². The van der Waals surface area contributed by atoms with Gasteiger partial charge in [-0.3, -0.25) is 4.90 Å². The lowest BCUT2D eigenvalue weighted by Crippen LogP contribution is -2.23. The third-order valence-electron chi connectivity index (χ3n) is 4.15. The van der Waals surface area contributed by atoms with Gasteiger partial charge in [0.25, 0.3) is 0 Å². The molecule has 104 valence electrons. The Labute approximate surface area is 120 Å². The number of aryl methyl sites for hydroxylation is 1. The molecule has 0 spiro atoms. The van der Waals surface area contributed by atoms with Crippen molar-refractivity contribution < 1.29 is 0 Å². The summed E-state index contributed by atoms with van der Waals surface area (Å²) in [6, 6.07) is 13.2. The van der Waals surface area contributed by atoms with Crippen LogP contribution in [-0.2, 0) is 0 Å². The van der Waals surface area contributed by atoms with Crippen molar-refractivity contribution in [3.8, 4) is 11.3 Å². The average molecular weight is 267 g/mol. The molecule has 1 atom stereocenters. The summed E-state index contributed by atoms with van der Waals surface area (Å²) in [6.45, 7) is 6.69. The van der Waals surface area contributed by atoms with E-state index in [9.17, 15) is 0 Å². The molecule has 0 radical (unpaired) electrons. The van der Waals surface area contributed by atoms with Crippen molar-refractivity contribution in [1.82, 2.24) is 15.1 Å². The summed E-state index contributed by atoms with van der Waals surface area (Å²) in [6.07, 6.45) is 2.65. The van der Waals surface area contributed by atoms with Gasteiger partial charge in [-0.25, -0.2) is 0 Å². The van der Waals surface area contributed by atoms with E-state index >= 15 is 0 Å². The Morgan fingerprint density at radius 1 is 1.05 bits per heavy atom. The summed E-state index contributed by atoms with van der Waals surface area (Å²) in [5.41, 5.74) is 4.43. The van der Waals surface area contributed by atoms with Crippen molar-refractivity contribution >= 4 is 0 Å². The number of nitrogens with zero attached hydrogens (tertiary/aromatic N) is 3. The molecular weight excluding hydrogens is 246 g/mol. The van der Waals surface area contributed by atoms with E-state index in [-0.39, 0.29) is 0 Å². The lowest BCUT2D eigenvalue weighted by Gasteiger charge is -2.24. The van der Waals surface area contributed by atoms with Crippen LogP contribution in [0.4, 0.5) is 0 Å². The molecule has 2 aromatic rings. The molecule has 0 aliphatic carbocycles. The van der Waals surface area contributed by atoms with E-state index < -0.39 is 0 Å². The third-order valence-corrected chi connectivity index (χ3v) is 4.15. The SMILES string of the molecule is Cc1ccc(-c2cccc(C(C)N3CCCC3)c2)nn1. The number of aromatic nitrogens is 2. The largest absolute Gasteiger partial charge is 0.297 e. The molecule has 1 fully saturated rings. The van der Waals surface area contributed by atoms with Gasteiger partial charge in [0, 0.05) is 11.6 Å². The van der Waals surface area contributed by atoms with E-state index in [0.717, 1.165) is 17.0 Å². The molecule has 3 rings (SSSR count). The lowest BCUT2D eigenvalue weighted by molar-refractivity contribution is 0.263. The van der Waals surface area contributed by atoms with Crippen LogP contribution in [0, 0.1) is 6.92 Å². The van der Waals surface area contributed by atoms with Crippen LogP contribution in [0.5, 0.6) is 0 Å². The van der Waals surface area contributed by atoms with Gasteiger partial charge in [0.05, 0.1) is 11.4 Å². The number of rotatable bonds is 3. The minimum absolute atomic E-state index is 0.482.